The molecule has 1 aliphatic carbocycles. The smallest absolute Gasteiger partial charge is 0.252 e. The summed E-state index contributed by atoms with van der Waals surface area (Å²) < 4.78 is 0.955. The highest BCUT2D eigenvalue weighted by Gasteiger charge is 2.31. The fourth-order valence-corrected chi connectivity index (χ4v) is 4.16. The van der Waals surface area contributed by atoms with E-state index in [0.29, 0.717) is 10.6 Å². The zero-order valence-electron chi connectivity index (χ0n) is 11.5. The van der Waals surface area contributed by atoms with Gasteiger partial charge < -0.3 is 5.32 Å². The Balaban J connectivity index is 2.02. The van der Waals surface area contributed by atoms with Gasteiger partial charge in [0.25, 0.3) is 5.91 Å². The first-order chi connectivity index (χ1) is 9.58. The van der Waals surface area contributed by atoms with Gasteiger partial charge in [-0.15, -0.1) is 0 Å². The number of hydrogen-bond donors (Lipinski definition) is 1. The number of rotatable bonds is 4. The zero-order valence-corrected chi connectivity index (χ0v) is 14.7. The number of nitrogens with one attached hydrogen (secondary N) is 1. The van der Waals surface area contributed by atoms with Crippen LogP contribution in [0.15, 0.2) is 22.7 Å². The van der Waals surface area contributed by atoms with Gasteiger partial charge in [-0.05, 0) is 47.2 Å². The monoisotopic (exact) mass is 375 g/mol. The largest absolute Gasteiger partial charge is 0.351 e. The molecule has 0 aliphatic heterocycles. The second-order valence-corrected chi connectivity index (χ2v) is 7.74. The highest BCUT2D eigenvalue weighted by molar-refractivity contribution is 9.10. The fraction of sp³-hybridized carbons (Fsp3) is 0.533. The lowest BCUT2D eigenvalue weighted by molar-refractivity contribution is 0.0947. The molecule has 0 atom stereocenters. The molecule has 1 aliphatic rings. The third-order valence-electron chi connectivity index (χ3n) is 3.97. The molecule has 0 bridgehead atoms. The molecule has 1 aromatic rings. The number of carbonyl (C=O) groups excluding carboxylic acids is 1. The first-order valence-electron chi connectivity index (χ1n) is 6.85. The summed E-state index contributed by atoms with van der Waals surface area (Å²) in [5.41, 5.74) is 0.535. The molecule has 1 amide bonds. The summed E-state index contributed by atoms with van der Waals surface area (Å²) in [5, 5.41) is 3.54. The quantitative estimate of drug-likeness (QED) is 0.810. The maximum atomic E-state index is 12.3. The van der Waals surface area contributed by atoms with E-state index in [1.54, 1.807) is 6.07 Å². The van der Waals surface area contributed by atoms with Crippen LogP contribution in [0.3, 0.4) is 0 Å². The Morgan fingerprint density at radius 1 is 1.40 bits per heavy atom. The number of benzene rings is 1. The number of amides is 1. The second kappa shape index (κ2) is 7.19. The van der Waals surface area contributed by atoms with E-state index < -0.39 is 0 Å². The van der Waals surface area contributed by atoms with E-state index in [-0.39, 0.29) is 10.7 Å². The average Bonchev–Trinajstić information content (AvgIpc) is 2.48. The molecule has 1 saturated carbocycles. The highest BCUT2D eigenvalue weighted by atomic mass is 79.9. The predicted molar refractivity (Wildman–Crippen MR) is 90.8 cm³/mol. The van der Waals surface area contributed by atoms with E-state index >= 15 is 0 Å². The van der Waals surface area contributed by atoms with Crippen LogP contribution in [0.4, 0.5) is 0 Å². The Labute approximate surface area is 138 Å². The Hall–Kier alpha value is -0.190. The minimum atomic E-state index is -0.0877. The lowest BCUT2D eigenvalue weighted by Crippen LogP contribution is -2.41. The van der Waals surface area contributed by atoms with Crippen molar-refractivity contribution in [1.82, 2.24) is 5.32 Å². The summed E-state index contributed by atoms with van der Waals surface area (Å²) in [6.07, 6.45) is 8.33. The minimum absolute atomic E-state index is 0.0877. The number of hydrogen-bond acceptors (Lipinski definition) is 2. The molecule has 1 aromatic carbocycles. The van der Waals surface area contributed by atoms with Crippen molar-refractivity contribution in [2.75, 3.05) is 12.8 Å². The van der Waals surface area contributed by atoms with E-state index in [1.807, 2.05) is 23.9 Å². The maximum Gasteiger partial charge on any atom is 0.252 e. The van der Waals surface area contributed by atoms with Crippen molar-refractivity contribution in [2.24, 2.45) is 0 Å². The van der Waals surface area contributed by atoms with Gasteiger partial charge in [0.15, 0.2) is 0 Å². The van der Waals surface area contributed by atoms with E-state index in [1.165, 1.54) is 32.1 Å². The van der Waals surface area contributed by atoms with Gasteiger partial charge in [0.2, 0.25) is 0 Å². The molecule has 5 heteroatoms. The van der Waals surface area contributed by atoms with Crippen LogP contribution in [0, 0.1) is 0 Å². The molecule has 2 rings (SSSR count). The van der Waals surface area contributed by atoms with Gasteiger partial charge >= 0.3 is 0 Å². The second-order valence-electron chi connectivity index (χ2n) is 5.23. The molecule has 1 fully saturated rings. The lowest BCUT2D eigenvalue weighted by Gasteiger charge is -2.35. The minimum Gasteiger partial charge on any atom is -0.351 e. The molecule has 0 aromatic heterocycles. The SMILES string of the molecule is CSC1(CNC(=O)c2cccc(Br)c2Cl)CCCCC1. The van der Waals surface area contributed by atoms with Crippen molar-refractivity contribution in [3.63, 3.8) is 0 Å². The Kier molecular flexibility index (Phi) is 5.82. The number of carbonyl (C=O) groups is 1. The molecule has 0 saturated heterocycles. The van der Waals surface area contributed by atoms with Crippen molar-refractivity contribution in [1.29, 1.82) is 0 Å². The average molecular weight is 377 g/mol. The van der Waals surface area contributed by atoms with Crippen LogP contribution in [0.25, 0.3) is 0 Å². The van der Waals surface area contributed by atoms with E-state index in [9.17, 15) is 4.79 Å². The molecule has 2 nitrogen and oxygen atoms in total. The van der Waals surface area contributed by atoms with Crippen LogP contribution in [0.5, 0.6) is 0 Å². The van der Waals surface area contributed by atoms with Crippen LogP contribution in [-0.4, -0.2) is 23.5 Å². The van der Waals surface area contributed by atoms with E-state index in [4.69, 9.17) is 11.6 Å². The van der Waals surface area contributed by atoms with E-state index in [0.717, 1.165) is 11.0 Å². The Morgan fingerprint density at radius 2 is 2.10 bits per heavy atom. The molecule has 110 valence electrons. The number of thioether (sulfide) groups is 1. The molecule has 0 heterocycles. The molecule has 1 N–H and O–H groups in total. The molecule has 0 spiro atoms. The van der Waals surface area contributed by atoms with Crippen molar-refractivity contribution in [3.8, 4) is 0 Å². The molecular weight excluding hydrogens is 358 g/mol. The summed E-state index contributed by atoms with van der Waals surface area (Å²) in [6.45, 7) is 0.718. The Morgan fingerprint density at radius 3 is 2.75 bits per heavy atom. The molecule has 0 radical (unpaired) electrons. The summed E-state index contributed by atoms with van der Waals surface area (Å²) in [7, 11) is 0. The first-order valence-corrected chi connectivity index (χ1v) is 9.25. The van der Waals surface area contributed by atoms with Crippen LogP contribution < -0.4 is 5.32 Å². The predicted octanol–water partition coefficient (Wildman–Crippen LogP) is 4.90. The third-order valence-corrected chi connectivity index (χ3v) is 6.68. The summed E-state index contributed by atoms with van der Waals surface area (Å²) >= 11 is 11.4. The van der Waals surface area contributed by atoms with Gasteiger partial charge in [0.05, 0.1) is 10.6 Å². The van der Waals surface area contributed by atoms with E-state index in [2.05, 4.69) is 27.5 Å². The van der Waals surface area contributed by atoms with Gasteiger partial charge in [0, 0.05) is 15.8 Å². The van der Waals surface area contributed by atoms with Crippen molar-refractivity contribution >= 4 is 45.2 Å². The third kappa shape index (κ3) is 3.71. The first kappa shape index (κ1) is 16.2. The molecular formula is C15H19BrClNOS. The lowest BCUT2D eigenvalue weighted by atomic mass is 9.88. The van der Waals surface area contributed by atoms with Gasteiger partial charge in [-0.3, -0.25) is 4.79 Å². The van der Waals surface area contributed by atoms with Gasteiger partial charge in [0.1, 0.15) is 0 Å². The maximum absolute atomic E-state index is 12.3. The topological polar surface area (TPSA) is 29.1 Å². The summed E-state index contributed by atoms with van der Waals surface area (Å²) in [5.74, 6) is -0.0877. The number of halogens is 2. The van der Waals surface area contributed by atoms with Crippen LogP contribution in [0.2, 0.25) is 5.02 Å². The fourth-order valence-electron chi connectivity index (χ4n) is 2.66. The normalized spacial score (nSPS) is 17.8. The van der Waals surface area contributed by atoms with Gasteiger partial charge in [-0.25, -0.2) is 0 Å². The van der Waals surface area contributed by atoms with Gasteiger partial charge in [-0.2, -0.15) is 11.8 Å². The molecule has 0 unspecified atom stereocenters. The van der Waals surface area contributed by atoms with Crippen molar-refractivity contribution in [3.05, 3.63) is 33.3 Å². The van der Waals surface area contributed by atoms with Crippen LogP contribution in [0.1, 0.15) is 42.5 Å². The highest BCUT2D eigenvalue weighted by Crippen LogP contribution is 2.38. The zero-order chi connectivity index (χ0) is 14.6. The standard InChI is InChI=1S/C15H19BrClNOS/c1-20-15(8-3-2-4-9-15)10-18-14(19)11-6-5-7-12(16)13(11)17/h5-7H,2-4,8-10H2,1H3,(H,18,19). The van der Waals surface area contributed by atoms with Gasteiger partial charge in [-0.1, -0.05) is 36.9 Å². The summed E-state index contributed by atoms with van der Waals surface area (Å²) in [4.78, 5) is 12.3. The van der Waals surface area contributed by atoms with Crippen molar-refractivity contribution in [2.45, 2.75) is 36.9 Å². The summed E-state index contributed by atoms with van der Waals surface area (Å²) in [6, 6.07) is 5.43. The molecule has 20 heavy (non-hydrogen) atoms. The van der Waals surface area contributed by atoms with Crippen LogP contribution in [-0.2, 0) is 0 Å². The Bertz CT molecular complexity index is 489. The van der Waals surface area contributed by atoms with Crippen molar-refractivity contribution < 1.29 is 4.79 Å². The van der Waals surface area contributed by atoms with Crippen LogP contribution >= 0.6 is 39.3 Å².